The second-order valence-corrected chi connectivity index (χ2v) is 5.14. The fourth-order valence-electron chi connectivity index (χ4n) is 3.00. The lowest BCUT2D eigenvalue weighted by Crippen LogP contribution is -2.11. The molecule has 1 aromatic carbocycles. The van der Waals surface area contributed by atoms with E-state index < -0.39 is 5.97 Å². The zero-order valence-corrected chi connectivity index (χ0v) is 11.0. The third kappa shape index (κ3) is 2.22. The summed E-state index contributed by atoms with van der Waals surface area (Å²) in [5.41, 5.74) is 5.52. The number of hydrogen-bond donors (Lipinski definition) is 2. The minimum absolute atomic E-state index is 0.0760. The molecule has 0 spiro atoms. The Hall–Kier alpha value is -1.51. The average molecular weight is 248 g/mol. The summed E-state index contributed by atoms with van der Waals surface area (Å²) in [5, 5.41) is 19.0. The summed E-state index contributed by atoms with van der Waals surface area (Å²) in [6.45, 7) is 3.96. The van der Waals surface area contributed by atoms with Crippen LogP contribution in [0.4, 0.5) is 0 Å². The van der Waals surface area contributed by atoms with Crippen LogP contribution in [0, 0.1) is 13.8 Å². The van der Waals surface area contributed by atoms with Gasteiger partial charge in [-0.3, -0.25) is 4.79 Å². The summed E-state index contributed by atoms with van der Waals surface area (Å²) < 4.78 is 0. The van der Waals surface area contributed by atoms with Gasteiger partial charge in [0, 0.05) is 6.42 Å². The van der Waals surface area contributed by atoms with Gasteiger partial charge in [-0.15, -0.1) is 0 Å². The minimum atomic E-state index is -0.816. The fraction of sp³-hybridized carbons (Fsp3) is 0.533. The summed E-state index contributed by atoms with van der Waals surface area (Å²) >= 11 is 0. The van der Waals surface area contributed by atoms with Gasteiger partial charge in [0.1, 0.15) is 5.75 Å². The first-order valence-corrected chi connectivity index (χ1v) is 6.57. The van der Waals surface area contributed by atoms with Crippen LogP contribution in [0.25, 0.3) is 0 Å². The van der Waals surface area contributed by atoms with Crippen LogP contribution < -0.4 is 0 Å². The summed E-state index contributed by atoms with van der Waals surface area (Å²) in [6, 6.07) is 0. The molecule has 1 aromatic rings. The number of phenols is 1. The number of rotatable bonds is 3. The maximum atomic E-state index is 10.7. The lowest BCUT2D eigenvalue weighted by Gasteiger charge is -2.24. The molecule has 2 N–H and O–H groups in total. The van der Waals surface area contributed by atoms with E-state index >= 15 is 0 Å². The van der Waals surface area contributed by atoms with Crippen LogP contribution in [0.1, 0.15) is 47.1 Å². The molecule has 3 nitrogen and oxygen atoms in total. The van der Waals surface area contributed by atoms with Crippen molar-refractivity contribution in [2.75, 3.05) is 0 Å². The molecule has 0 radical (unpaired) electrons. The van der Waals surface area contributed by atoms with Crippen LogP contribution in [0.3, 0.4) is 0 Å². The maximum absolute atomic E-state index is 10.7. The van der Waals surface area contributed by atoms with Crippen molar-refractivity contribution in [2.45, 2.75) is 52.4 Å². The summed E-state index contributed by atoms with van der Waals surface area (Å²) in [5.74, 6) is -0.501. The van der Waals surface area contributed by atoms with Crippen molar-refractivity contribution in [2.24, 2.45) is 0 Å². The Labute approximate surface area is 107 Å². The van der Waals surface area contributed by atoms with Crippen LogP contribution in [-0.2, 0) is 24.1 Å². The van der Waals surface area contributed by atoms with Crippen molar-refractivity contribution >= 4 is 5.97 Å². The van der Waals surface area contributed by atoms with E-state index in [2.05, 4.69) is 0 Å². The number of carboxylic acids is 1. The van der Waals surface area contributed by atoms with Crippen molar-refractivity contribution in [1.82, 2.24) is 0 Å². The largest absolute Gasteiger partial charge is 0.507 e. The van der Waals surface area contributed by atoms with E-state index in [0.717, 1.165) is 29.5 Å². The topological polar surface area (TPSA) is 57.5 Å². The van der Waals surface area contributed by atoms with Crippen LogP contribution in [0.2, 0.25) is 0 Å². The average Bonchev–Trinajstić information content (AvgIpc) is 2.36. The van der Waals surface area contributed by atoms with Gasteiger partial charge in [-0.25, -0.2) is 0 Å². The number of aromatic hydroxyl groups is 1. The predicted octanol–water partition coefficient (Wildman–Crippen LogP) is 2.91. The molecule has 0 atom stereocenters. The second-order valence-electron chi connectivity index (χ2n) is 5.14. The number of fused-ring (bicyclic) bond motifs is 1. The maximum Gasteiger partial charge on any atom is 0.303 e. The Balaban J connectivity index is 2.46. The van der Waals surface area contributed by atoms with Gasteiger partial charge < -0.3 is 10.2 Å². The van der Waals surface area contributed by atoms with Gasteiger partial charge in [0.25, 0.3) is 0 Å². The molecule has 98 valence electrons. The molecule has 2 rings (SSSR count). The molecule has 18 heavy (non-hydrogen) atoms. The van der Waals surface area contributed by atoms with Gasteiger partial charge in [0.15, 0.2) is 0 Å². The summed E-state index contributed by atoms with van der Waals surface area (Å²) in [6.07, 6.45) is 4.96. The van der Waals surface area contributed by atoms with Gasteiger partial charge in [-0.2, -0.15) is 0 Å². The second kappa shape index (κ2) is 5.01. The molecule has 1 aliphatic carbocycles. The highest BCUT2D eigenvalue weighted by molar-refractivity contribution is 5.68. The molecule has 0 saturated carbocycles. The lowest BCUT2D eigenvalue weighted by atomic mass is 9.82. The number of carboxylic acid groups (broad SMARTS) is 1. The van der Waals surface area contributed by atoms with Crippen LogP contribution in [-0.4, -0.2) is 16.2 Å². The van der Waals surface area contributed by atoms with Crippen molar-refractivity contribution in [1.29, 1.82) is 0 Å². The minimum Gasteiger partial charge on any atom is -0.507 e. The zero-order valence-electron chi connectivity index (χ0n) is 11.0. The number of aliphatic carboxylic acids is 1. The van der Waals surface area contributed by atoms with E-state index in [1.807, 2.05) is 13.8 Å². The highest BCUT2D eigenvalue weighted by Gasteiger charge is 2.21. The van der Waals surface area contributed by atoms with Crippen molar-refractivity contribution in [3.8, 4) is 5.75 Å². The first-order chi connectivity index (χ1) is 8.52. The van der Waals surface area contributed by atoms with E-state index in [1.54, 1.807) is 0 Å². The zero-order chi connectivity index (χ0) is 13.3. The van der Waals surface area contributed by atoms with Crippen LogP contribution in [0.5, 0.6) is 5.75 Å². The predicted molar refractivity (Wildman–Crippen MR) is 70.2 cm³/mol. The number of benzene rings is 1. The Morgan fingerprint density at radius 2 is 1.67 bits per heavy atom. The van der Waals surface area contributed by atoms with Gasteiger partial charge in [-0.05, 0) is 73.8 Å². The normalized spacial score (nSPS) is 14.3. The van der Waals surface area contributed by atoms with E-state index in [1.165, 1.54) is 24.0 Å². The number of hydrogen-bond acceptors (Lipinski definition) is 2. The Bertz CT molecular complexity index is 489. The fourth-order valence-corrected chi connectivity index (χ4v) is 3.00. The smallest absolute Gasteiger partial charge is 0.303 e. The van der Waals surface area contributed by atoms with E-state index in [9.17, 15) is 9.90 Å². The quantitative estimate of drug-likeness (QED) is 0.864. The Kier molecular flexibility index (Phi) is 3.60. The lowest BCUT2D eigenvalue weighted by molar-refractivity contribution is -0.136. The molecule has 0 amide bonds. The first kappa shape index (κ1) is 12.9. The Morgan fingerprint density at radius 3 is 2.22 bits per heavy atom. The standard InChI is InChI=1S/C15H20O3/c1-9-11-5-3-4-6-12(11)10(2)15(18)13(9)7-8-14(16)17/h18H,3-8H2,1-2H3,(H,16,17). The molecule has 0 saturated heterocycles. The van der Waals surface area contributed by atoms with E-state index in [0.29, 0.717) is 12.2 Å². The molecule has 0 fully saturated rings. The summed E-state index contributed by atoms with van der Waals surface area (Å²) in [4.78, 5) is 10.7. The van der Waals surface area contributed by atoms with Gasteiger partial charge in [0.2, 0.25) is 0 Å². The van der Waals surface area contributed by atoms with Crippen molar-refractivity contribution in [3.05, 3.63) is 27.8 Å². The molecule has 3 heteroatoms. The monoisotopic (exact) mass is 248 g/mol. The van der Waals surface area contributed by atoms with Crippen LogP contribution >= 0.6 is 0 Å². The molecule has 1 aliphatic rings. The molecule has 0 aliphatic heterocycles. The van der Waals surface area contributed by atoms with E-state index in [4.69, 9.17) is 5.11 Å². The highest BCUT2D eigenvalue weighted by Crippen LogP contribution is 2.37. The molecule has 0 heterocycles. The summed E-state index contributed by atoms with van der Waals surface area (Å²) in [7, 11) is 0. The highest BCUT2D eigenvalue weighted by atomic mass is 16.4. The Morgan fingerprint density at radius 1 is 1.11 bits per heavy atom. The van der Waals surface area contributed by atoms with E-state index in [-0.39, 0.29) is 6.42 Å². The molecular formula is C15H20O3. The third-order valence-corrected chi connectivity index (χ3v) is 4.06. The van der Waals surface area contributed by atoms with Crippen molar-refractivity contribution in [3.63, 3.8) is 0 Å². The van der Waals surface area contributed by atoms with Crippen molar-refractivity contribution < 1.29 is 15.0 Å². The van der Waals surface area contributed by atoms with Crippen LogP contribution in [0.15, 0.2) is 0 Å². The SMILES string of the molecule is Cc1c(O)c(CCC(=O)O)c(C)c2c1CCCC2. The molecular weight excluding hydrogens is 228 g/mol. The molecule has 0 bridgehead atoms. The number of phenolic OH excluding ortho intramolecular Hbond substituents is 1. The molecule has 0 unspecified atom stereocenters. The number of carbonyl (C=O) groups is 1. The van der Waals surface area contributed by atoms with Gasteiger partial charge >= 0.3 is 5.97 Å². The first-order valence-electron chi connectivity index (χ1n) is 6.57. The molecule has 0 aromatic heterocycles. The third-order valence-electron chi connectivity index (χ3n) is 4.06. The van der Waals surface area contributed by atoms with Gasteiger partial charge in [-0.1, -0.05) is 0 Å². The van der Waals surface area contributed by atoms with Gasteiger partial charge in [0.05, 0.1) is 0 Å².